The minimum absolute atomic E-state index is 0.0815. The minimum Gasteiger partial charge on any atom is -0.310 e. The van der Waals surface area contributed by atoms with Gasteiger partial charge in [-0.2, -0.15) is 10.2 Å². The molecule has 0 radical (unpaired) electrons. The van der Waals surface area contributed by atoms with Crippen molar-refractivity contribution in [3.05, 3.63) is 55.1 Å². The molecular formula is C21H21N7OS. The number of carbonyl (C=O) groups is 1. The van der Waals surface area contributed by atoms with Gasteiger partial charge in [-0.25, -0.2) is 19.3 Å². The quantitative estimate of drug-likeness (QED) is 0.377. The molecule has 152 valence electrons. The first-order chi connectivity index (χ1) is 14.8. The van der Waals surface area contributed by atoms with E-state index in [4.69, 9.17) is 0 Å². The third-order valence-electron chi connectivity index (χ3n) is 5.28. The van der Waals surface area contributed by atoms with Gasteiger partial charge in [-0.15, -0.1) is 0 Å². The average Bonchev–Trinajstić information content (AvgIpc) is 3.53. The standard InChI is InChI=1S/C21H21N7OS/c29-19(26-18-10-11-24-27(18)15-8-4-5-9-15)13-30-21-17-12-25-28(20(17)22-14-23-21)16-6-2-1-3-7-16/h1-3,6-7,10-12,14-15H,4-5,8-9,13H2,(H,26,29). The molecule has 5 rings (SSSR count). The van der Waals surface area contributed by atoms with Crippen LogP contribution in [0.4, 0.5) is 5.82 Å². The third-order valence-corrected chi connectivity index (χ3v) is 6.28. The highest BCUT2D eigenvalue weighted by molar-refractivity contribution is 8.00. The number of rotatable bonds is 6. The first-order valence-corrected chi connectivity index (χ1v) is 11.0. The molecule has 0 aliphatic heterocycles. The molecule has 0 spiro atoms. The Hall–Kier alpha value is -3.20. The topological polar surface area (TPSA) is 90.5 Å². The van der Waals surface area contributed by atoms with Gasteiger partial charge in [0.2, 0.25) is 5.91 Å². The number of nitrogens with one attached hydrogen (secondary N) is 1. The number of aromatic nitrogens is 6. The van der Waals surface area contributed by atoms with E-state index in [1.807, 2.05) is 41.1 Å². The third kappa shape index (κ3) is 3.68. The van der Waals surface area contributed by atoms with Crippen LogP contribution in [0.25, 0.3) is 16.7 Å². The molecule has 1 aliphatic carbocycles. The summed E-state index contributed by atoms with van der Waals surface area (Å²) in [6.07, 6.45) is 9.67. The summed E-state index contributed by atoms with van der Waals surface area (Å²) in [5, 5.41) is 13.4. The SMILES string of the molecule is O=C(CSc1ncnc2c1cnn2-c1ccccc1)Nc1ccnn1C1CCCC1. The maximum Gasteiger partial charge on any atom is 0.235 e. The highest BCUT2D eigenvalue weighted by atomic mass is 32.2. The molecule has 1 aromatic carbocycles. The van der Waals surface area contributed by atoms with Crippen LogP contribution in [0.1, 0.15) is 31.7 Å². The summed E-state index contributed by atoms with van der Waals surface area (Å²) < 4.78 is 3.73. The maximum absolute atomic E-state index is 12.6. The number of amides is 1. The van der Waals surface area contributed by atoms with Crippen LogP contribution in [0, 0.1) is 0 Å². The molecule has 0 unspecified atom stereocenters. The number of nitrogens with zero attached hydrogens (tertiary/aromatic N) is 6. The first-order valence-electron chi connectivity index (χ1n) is 10.00. The largest absolute Gasteiger partial charge is 0.310 e. The van der Waals surface area contributed by atoms with E-state index < -0.39 is 0 Å². The number of carbonyl (C=O) groups excluding carboxylic acids is 1. The van der Waals surface area contributed by atoms with Gasteiger partial charge in [0.05, 0.1) is 35.3 Å². The summed E-state index contributed by atoms with van der Waals surface area (Å²) in [7, 11) is 0. The fraction of sp³-hybridized carbons (Fsp3) is 0.286. The molecule has 1 aliphatic rings. The van der Waals surface area contributed by atoms with E-state index in [2.05, 4.69) is 25.5 Å². The highest BCUT2D eigenvalue weighted by Gasteiger charge is 2.21. The van der Waals surface area contributed by atoms with Crippen molar-refractivity contribution in [3.8, 4) is 5.69 Å². The van der Waals surface area contributed by atoms with E-state index in [9.17, 15) is 4.79 Å². The van der Waals surface area contributed by atoms with E-state index in [-0.39, 0.29) is 11.7 Å². The van der Waals surface area contributed by atoms with Crippen molar-refractivity contribution in [2.24, 2.45) is 0 Å². The zero-order valence-corrected chi connectivity index (χ0v) is 17.1. The highest BCUT2D eigenvalue weighted by Crippen LogP contribution is 2.31. The number of fused-ring (bicyclic) bond motifs is 1. The van der Waals surface area contributed by atoms with Crippen LogP contribution in [0.5, 0.6) is 0 Å². The van der Waals surface area contributed by atoms with Gasteiger partial charge in [-0.05, 0) is 25.0 Å². The van der Waals surface area contributed by atoms with Gasteiger partial charge in [0, 0.05) is 6.07 Å². The van der Waals surface area contributed by atoms with Crippen molar-refractivity contribution in [1.29, 1.82) is 0 Å². The van der Waals surface area contributed by atoms with E-state index in [1.165, 1.54) is 30.9 Å². The Balaban J connectivity index is 1.29. The Labute approximate surface area is 177 Å². The number of para-hydroxylation sites is 1. The lowest BCUT2D eigenvalue weighted by Crippen LogP contribution is -2.19. The molecule has 4 aromatic rings. The summed E-state index contributed by atoms with van der Waals surface area (Å²) in [6.45, 7) is 0. The van der Waals surface area contributed by atoms with Gasteiger partial charge in [-0.3, -0.25) is 4.79 Å². The number of hydrogen-bond acceptors (Lipinski definition) is 6. The Morgan fingerprint density at radius 1 is 1.10 bits per heavy atom. The number of hydrogen-bond donors (Lipinski definition) is 1. The lowest BCUT2D eigenvalue weighted by Gasteiger charge is -2.14. The van der Waals surface area contributed by atoms with Crippen LogP contribution in [0.3, 0.4) is 0 Å². The van der Waals surface area contributed by atoms with Crippen molar-refractivity contribution in [1.82, 2.24) is 29.5 Å². The summed E-state index contributed by atoms with van der Waals surface area (Å²) >= 11 is 1.38. The second-order valence-corrected chi connectivity index (χ2v) is 8.21. The zero-order chi connectivity index (χ0) is 20.3. The Morgan fingerprint density at radius 2 is 1.93 bits per heavy atom. The van der Waals surface area contributed by atoms with Crippen molar-refractivity contribution in [2.75, 3.05) is 11.1 Å². The normalized spacial score (nSPS) is 14.4. The van der Waals surface area contributed by atoms with E-state index in [0.29, 0.717) is 6.04 Å². The lowest BCUT2D eigenvalue weighted by molar-refractivity contribution is -0.113. The van der Waals surface area contributed by atoms with Crippen LogP contribution in [0.2, 0.25) is 0 Å². The van der Waals surface area contributed by atoms with E-state index in [0.717, 1.165) is 40.4 Å². The smallest absolute Gasteiger partial charge is 0.235 e. The molecule has 1 amide bonds. The zero-order valence-electron chi connectivity index (χ0n) is 16.3. The van der Waals surface area contributed by atoms with Crippen LogP contribution >= 0.6 is 11.8 Å². The lowest BCUT2D eigenvalue weighted by atomic mass is 10.2. The summed E-state index contributed by atoms with van der Waals surface area (Å²) in [5.41, 5.74) is 1.65. The van der Waals surface area contributed by atoms with Gasteiger partial charge < -0.3 is 5.32 Å². The van der Waals surface area contributed by atoms with Gasteiger partial charge in [0.1, 0.15) is 17.2 Å². The second kappa shape index (κ2) is 8.27. The maximum atomic E-state index is 12.6. The van der Waals surface area contributed by atoms with Crippen LogP contribution in [0.15, 0.2) is 60.1 Å². The van der Waals surface area contributed by atoms with Crippen LogP contribution < -0.4 is 5.32 Å². The van der Waals surface area contributed by atoms with Crippen LogP contribution in [-0.4, -0.2) is 41.2 Å². The molecule has 1 N–H and O–H groups in total. The number of anilines is 1. The predicted octanol–water partition coefficient (Wildman–Crippen LogP) is 3.86. The van der Waals surface area contributed by atoms with Gasteiger partial charge in [0.25, 0.3) is 0 Å². The minimum atomic E-state index is -0.0815. The predicted molar refractivity (Wildman–Crippen MR) is 116 cm³/mol. The Morgan fingerprint density at radius 3 is 2.77 bits per heavy atom. The molecule has 3 aromatic heterocycles. The average molecular weight is 420 g/mol. The first kappa shape index (κ1) is 18.8. The number of thioether (sulfide) groups is 1. The van der Waals surface area contributed by atoms with Crippen molar-refractivity contribution < 1.29 is 4.79 Å². The Bertz CT molecular complexity index is 1160. The molecule has 1 saturated carbocycles. The monoisotopic (exact) mass is 419 g/mol. The summed E-state index contributed by atoms with van der Waals surface area (Å²) in [4.78, 5) is 21.3. The summed E-state index contributed by atoms with van der Waals surface area (Å²) in [5.74, 6) is 0.928. The van der Waals surface area contributed by atoms with Crippen molar-refractivity contribution in [2.45, 2.75) is 36.8 Å². The molecule has 9 heteroatoms. The van der Waals surface area contributed by atoms with Crippen molar-refractivity contribution in [3.63, 3.8) is 0 Å². The Kier molecular flexibility index (Phi) is 5.18. The molecular weight excluding hydrogens is 398 g/mol. The van der Waals surface area contributed by atoms with E-state index >= 15 is 0 Å². The molecule has 30 heavy (non-hydrogen) atoms. The molecule has 8 nitrogen and oxygen atoms in total. The fourth-order valence-electron chi connectivity index (χ4n) is 3.86. The van der Waals surface area contributed by atoms with Gasteiger partial charge in [0.15, 0.2) is 5.65 Å². The molecule has 0 saturated heterocycles. The summed E-state index contributed by atoms with van der Waals surface area (Å²) in [6, 6.07) is 12.1. The molecule has 0 bridgehead atoms. The van der Waals surface area contributed by atoms with Crippen molar-refractivity contribution >= 4 is 34.5 Å². The molecule has 3 heterocycles. The number of benzene rings is 1. The van der Waals surface area contributed by atoms with Crippen LogP contribution in [-0.2, 0) is 4.79 Å². The fourth-order valence-corrected chi connectivity index (χ4v) is 4.62. The van der Waals surface area contributed by atoms with Gasteiger partial charge >= 0.3 is 0 Å². The second-order valence-electron chi connectivity index (χ2n) is 7.24. The van der Waals surface area contributed by atoms with Gasteiger partial charge in [-0.1, -0.05) is 42.8 Å². The molecule has 0 atom stereocenters. The molecule has 1 fully saturated rings. The van der Waals surface area contributed by atoms with E-state index in [1.54, 1.807) is 17.1 Å².